The molecule has 0 spiro atoms. The number of aromatic nitrogens is 10. The van der Waals surface area contributed by atoms with Crippen LogP contribution in [0.5, 0.6) is 23.3 Å². The fourth-order valence-electron chi connectivity index (χ4n) is 13.5. The van der Waals surface area contributed by atoms with Crippen molar-refractivity contribution in [2.75, 3.05) is 42.7 Å². The van der Waals surface area contributed by atoms with Crippen molar-refractivity contribution in [2.24, 2.45) is 5.73 Å². The Hall–Kier alpha value is -8.11. The fourth-order valence-corrected chi connectivity index (χ4v) is 13.7. The van der Waals surface area contributed by atoms with Crippen molar-refractivity contribution in [2.45, 2.75) is 161 Å². The second kappa shape index (κ2) is 51.2. The molecule has 10 aromatic heterocycles. The van der Waals surface area contributed by atoms with Gasteiger partial charge in [-0.1, -0.05) is 63.0 Å². The fraction of sp³-hybridized carbons (Fsp3) is 0.360. The van der Waals surface area contributed by atoms with Crippen LogP contribution in [0.4, 0.5) is 0 Å². The van der Waals surface area contributed by atoms with E-state index in [0.29, 0.717) is 64.2 Å². The molecule has 0 aliphatic heterocycles. The first-order valence-electron chi connectivity index (χ1n) is 37.3. The Balaban J connectivity index is 0.000000256. The number of nitrogens with zero attached hydrogens (tertiary/aromatic N) is 10. The van der Waals surface area contributed by atoms with E-state index in [-0.39, 0.29) is 105 Å². The molecule has 4 saturated carbocycles. The summed E-state index contributed by atoms with van der Waals surface area (Å²) in [4.78, 5) is 91.5. The first-order valence-corrected chi connectivity index (χ1v) is 44.6. The van der Waals surface area contributed by atoms with Crippen LogP contribution in [-0.4, -0.2) is 122 Å². The second-order valence-electron chi connectivity index (χ2n) is 27.2. The van der Waals surface area contributed by atoms with Gasteiger partial charge in [-0.05, 0) is 161 Å². The Morgan fingerprint density at radius 3 is 1.14 bits per heavy atom. The number of nitrogens with two attached hydrogens (primary N) is 1. The molecule has 14 rings (SSSR count). The molecule has 4 aliphatic carbocycles. The molecule has 4 N–H and O–H groups in total. The minimum absolute atomic E-state index is 0. The van der Waals surface area contributed by atoms with Gasteiger partial charge in [-0.2, -0.15) is 12.8 Å². The molecular formula is C86H98BrClN12Na2O12Zn. The number of carbonyl (C=O) groups is 4. The van der Waals surface area contributed by atoms with Crippen LogP contribution in [0.1, 0.15) is 213 Å². The summed E-state index contributed by atoms with van der Waals surface area (Å²) in [6.45, 7) is 8.58. The van der Waals surface area contributed by atoms with Gasteiger partial charge in [-0.15, -0.1) is 0 Å². The van der Waals surface area contributed by atoms with Crippen molar-refractivity contribution >= 4 is 49.0 Å². The number of rotatable bonds is 18. The summed E-state index contributed by atoms with van der Waals surface area (Å²) in [6, 6.07) is 22.4. The van der Waals surface area contributed by atoms with Gasteiger partial charge in [-0.25, -0.2) is 24.5 Å². The average Bonchev–Trinajstić information content (AvgIpc) is 1.77. The van der Waals surface area contributed by atoms with Crippen LogP contribution in [0, 0.1) is 34.1 Å². The number of esters is 2. The molecule has 0 aromatic carbocycles. The molecule has 4 fully saturated rings. The summed E-state index contributed by atoms with van der Waals surface area (Å²) < 4.78 is 30.1. The molecule has 0 radical (unpaired) electrons. The van der Waals surface area contributed by atoms with Crippen LogP contribution in [0.2, 0.25) is 5.15 Å². The number of methoxy groups -OCH3 is 6. The van der Waals surface area contributed by atoms with Gasteiger partial charge in [0.2, 0.25) is 0 Å². The zero-order valence-corrected chi connectivity index (χ0v) is 77.2. The van der Waals surface area contributed by atoms with Crippen LogP contribution in [0.3, 0.4) is 0 Å². The topological polar surface area (TPSA) is 344 Å². The number of carboxylic acid groups (broad SMARTS) is 1. The summed E-state index contributed by atoms with van der Waals surface area (Å²) in [6.07, 6.45) is 42.6. The molecule has 24 nitrogen and oxygen atoms in total. The van der Waals surface area contributed by atoms with Crippen LogP contribution in [0.15, 0.2) is 147 Å². The van der Waals surface area contributed by atoms with Gasteiger partial charge in [0.05, 0.1) is 100 Å². The molecule has 0 saturated heterocycles. The van der Waals surface area contributed by atoms with Crippen LogP contribution in [-0.2, 0) is 38.9 Å². The summed E-state index contributed by atoms with van der Waals surface area (Å²) in [5, 5.41) is 14.6. The van der Waals surface area contributed by atoms with E-state index >= 15 is 0 Å². The normalized spacial score (nSPS) is 13.2. The third kappa shape index (κ3) is 28.9. The van der Waals surface area contributed by atoms with E-state index in [9.17, 15) is 24.3 Å². The Labute approximate surface area is 740 Å². The Morgan fingerprint density at radius 1 is 0.461 bits per heavy atom. The van der Waals surface area contributed by atoms with E-state index in [1.807, 2.05) is 88.9 Å². The number of nitrogens with one attached hydrogen (secondary N) is 1. The summed E-state index contributed by atoms with van der Waals surface area (Å²) in [5.41, 5.74) is 22.2. The number of halogens is 2. The van der Waals surface area contributed by atoms with Crippen molar-refractivity contribution in [3.05, 3.63) is 232 Å². The molecule has 10 heterocycles. The van der Waals surface area contributed by atoms with Gasteiger partial charge in [0.1, 0.15) is 5.15 Å². The molecule has 4 aliphatic rings. The van der Waals surface area contributed by atoms with Crippen molar-refractivity contribution in [1.29, 1.82) is 0 Å². The van der Waals surface area contributed by atoms with E-state index < -0.39 is 11.9 Å². The van der Waals surface area contributed by atoms with E-state index in [1.165, 1.54) is 81.9 Å². The van der Waals surface area contributed by atoms with E-state index in [1.54, 1.807) is 108 Å². The molecule has 115 heavy (non-hydrogen) atoms. The first kappa shape index (κ1) is 97.5. The van der Waals surface area contributed by atoms with Crippen molar-refractivity contribution in [3.8, 4) is 67.8 Å². The van der Waals surface area contributed by atoms with Crippen LogP contribution >= 0.6 is 25.2 Å². The van der Waals surface area contributed by atoms with E-state index in [0.717, 1.165) is 135 Å². The van der Waals surface area contributed by atoms with Crippen LogP contribution < -0.4 is 94.2 Å². The van der Waals surface area contributed by atoms with Gasteiger partial charge < -0.3 is 61.3 Å². The molecule has 592 valence electrons. The minimum atomic E-state index is -1.15. The third-order valence-corrected chi connectivity index (χ3v) is 19.5. The molecule has 0 unspecified atom stereocenters. The number of amides is 1. The number of hydrogen-bond acceptors (Lipinski definition) is 23. The SMILES string of the molecule is COC(=O)c1cc(-c2cncc(C)c2)cnc1C1CCCC1.COC(=O)c1cc(-c2cncc(C)c2)cnc1Cl.COc1ccc(CN)nc1OC.COc1ccc(CNC(=O)c2cc(-c3cncc(C)c3)cnc2C2CCCC2)nc1OC.Cc1cncc(-c2cnc(C3CCCC3)c(C(=O)[O-])c2)c1.[CH-]1CCCC1.[Na+].[Na+].[OH-].[Zn+][Br]. The third-order valence-electron chi connectivity index (χ3n) is 19.2. The Morgan fingerprint density at radius 2 is 0.791 bits per heavy atom. The number of carbonyl (C=O) groups excluding carboxylic acids is 4. The number of aryl methyl sites for hydroxylation is 4. The maximum atomic E-state index is 13.3. The number of pyridine rings is 10. The predicted molar refractivity (Wildman–Crippen MR) is 432 cm³/mol. The van der Waals surface area contributed by atoms with Gasteiger partial charge >= 0.3 is 101 Å². The maximum absolute atomic E-state index is 13.3. The monoisotopic (exact) mass is 1710 g/mol. The number of aromatic carboxylic acids is 1. The Kier molecular flexibility index (Phi) is 43.4. The molecule has 29 heteroatoms. The molecule has 10 aromatic rings. The first-order chi connectivity index (χ1) is 54.3. The van der Waals surface area contributed by atoms with Gasteiger partial charge in [0, 0.05) is 149 Å². The zero-order valence-electron chi connectivity index (χ0n) is 67.8. The summed E-state index contributed by atoms with van der Waals surface area (Å²) in [7, 11) is 8.95. The molecule has 0 bridgehead atoms. The average molecular weight is 1720 g/mol. The van der Waals surface area contributed by atoms with Crippen molar-refractivity contribution < 1.29 is 134 Å². The van der Waals surface area contributed by atoms with E-state index in [4.69, 9.17) is 46.0 Å². The molecule has 1 amide bonds. The van der Waals surface area contributed by atoms with Gasteiger partial charge in [0.15, 0.2) is 11.5 Å². The molecule has 0 atom stereocenters. The van der Waals surface area contributed by atoms with Gasteiger partial charge in [-0.3, -0.25) is 39.7 Å². The molecular weight excluding hydrogens is 1620 g/mol. The van der Waals surface area contributed by atoms with E-state index in [2.05, 4.69) is 81.0 Å². The van der Waals surface area contributed by atoms with Crippen molar-refractivity contribution in [1.82, 2.24) is 55.2 Å². The van der Waals surface area contributed by atoms with Crippen LogP contribution in [0.25, 0.3) is 44.5 Å². The van der Waals surface area contributed by atoms with Crippen molar-refractivity contribution in [3.63, 3.8) is 0 Å². The standard InChI is InChI=1S/C25H28N4O3.C18H20N2O2.C17H18N2O2.C13H11ClN2O2.C8H12N2O2.C5H9.BrH.2Na.H2O.Zn/c1-16-10-18(13-26-12-16)19-11-21(23(27-14-19)17-6-4-5-7-17)24(30)28-15-20-8-9-22(31-2)25(29-20)32-3;1-12-7-14(10-19-9-12)15-8-16(18(21)22-2)17(20-11-15)13-5-3-4-6-13;1-11-6-13(9-18-8-11)14-7-15(17(20)21)16(19-10-14)12-4-2-3-5-12;1-8-3-9(6-15-5-8)10-4-11(13(17)18-2)12(14)16-7-10;1-11-7-4-3-6(5-9)10-8(7)12-2;1-2-4-5-3-1;;;;;/h8-14,17H,4-7,15H2,1-3H3,(H,28,30);7-11,13H,3-6H2,1-2H3;6-10,12H,2-5H2,1H3,(H,20,21);3-7H,1-2H3;3-4H,5,9H2,1-2H3;1H,2-5H2;1H;;;1H2;/q;;;;;-1;;2*+1;;+2/p-3. The zero-order chi connectivity index (χ0) is 80.5. The number of hydrogen-bond donors (Lipinski definition) is 2. The van der Waals surface area contributed by atoms with Gasteiger partial charge in [0.25, 0.3) is 17.7 Å². The predicted octanol–water partition coefficient (Wildman–Crippen LogP) is 10.7. The quantitative estimate of drug-likeness (QED) is 0.0349. The number of ether oxygens (including phenoxy) is 6. The second-order valence-corrected chi connectivity index (χ2v) is 27.6. The summed E-state index contributed by atoms with van der Waals surface area (Å²) in [5.74, 6) is 0.865. The number of carboxylic acids is 1. The Bertz CT molecular complexity index is 4760. The summed E-state index contributed by atoms with van der Waals surface area (Å²) >= 11 is 10.1.